The fraction of sp³-hybridized carbons (Fsp3) is 0.100. The molecule has 0 atom stereocenters. The molecule has 0 aliphatic heterocycles. The van der Waals surface area contributed by atoms with E-state index in [1.165, 1.54) is 22.5 Å². The Labute approximate surface area is 126 Å². The van der Waals surface area contributed by atoms with Crippen LogP contribution in [0.4, 0.5) is 11.4 Å². The van der Waals surface area contributed by atoms with Crippen molar-refractivity contribution in [1.82, 2.24) is 0 Å². The molecule has 0 amide bonds. The first-order valence-corrected chi connectivity index (χ1v) is 7.36. The summed E-state index contributed by atoms with van der Waals surface area (Å²) in [6.07, 6.45) is 0. The first-order chi connectivity index (χ1) is 10.4. The van der Waals surface area contributed by atoms with Crippen molar-refractivity contribution >= 4 is 11.4 Å². The summed E-state index contributed by atoms with van der Waals surface area (Å²) in [5.74, 6) is 0. The minimum absolute atomic E-state index is 0.947. The molecular weight excluding hydrogens is 254 g/mol. The Morgan fingerprint density at radius 3 is 1.86 bits per heavy atom. The predicted octanol–water partition coefficient (Wildman–Crippen LogP) is 5.51. The van der Waals surface area contributed by atoms with Crippen LogP contribution in [0.1, 0.15) is 6.92 Å². The van der Waals surface area contributed by atoms with Crippen LogP contribution in [0.2, 0.25) is 0 Å². The van der Waals surface area contributed by atoms with Gasteiger partial charge >= 0.3 is 0 Å². The molecular formula is C20H19N. The second kappa shape index (κ2) is 6.27. The molecule has 0 N–H and O–H groups in total. The maximum atomic E-state index is 2.33. The molecule has 0 heterocycles. The van der Waals surface area contributed by atoms with E-state index in [0.29, 0.717) is 0 Å². The van der Waals surface area contributed by atoms with Gasteiger partial charge in [-0.05, 0) is 42.3 Å². The molecule has 0 saturated heterocycles. The van der Waals surface area contributed by atoms with Crippen LogP contribution in [-0.2, 0) is 0 Å². The lowest BCUT2D eigenvalue weighted by molar-refractivity contribution is 1.02. The zero-order chi connectivity index (χ0) is 14.5. The molecule has 0 aliphatic carbocycles. The van der Waals surface area contributed by atoms with Crippen LogP contribution in [0, 0.1) is 0 Å². The first-order valence-electron chi connectivity index (χ1n) is 7.36. The van der Waals surface area contributed by atoms with E-state index in [1.807, 2.05) is 0 Å². The number of anilines is 2. The van der Waals surface area contributed by atoms with Gasteiger partial charge in [0, 0.05) is 17.9 Å². The monoisotopic (exact) mass is 273 g/mol. The minimum Gasteiger partial charge on any atom is -0.342 e. The van der Waals surface area contributed by atoms with Crippen LogP contribution in [0.25, 0.3) is 11.1 Å². The van der Waals surface area contributed by atoms with Gasteiger partial charge in [0.25, 0.3) is 0 Å². The Hall–Kier alpha value is -2.54. The molecule has 0 spiro atoms. The molecule has 3 aromatic carbocycles. The highest BCUT2D eigenvalue weighted by Gasteiger charge is 2.07. The maximum absolute atomic E-state index is 2.33. The number of hydrogen-bond acceptors (Lipinski definition) is 1. The second-order valence-corrected chi connectivity index (χ2v) is 5.00. The SMILES string of the molecule is CCN(c1ccccc1)c1cccc(-c2ccccc2)c1. The van der Waals surface area contributed by atoms with Crippen LogP contribution in [0.15, 0.2) is 84.9 Å². The smallest absolute Gasteiger partial charge is 0.0416 e. The minimum atomic E-state index is 0.947. The molecule has 0 radical (unpaired) electrons. The third-order valence-electron chi connectivity index (χ3n) is 3.65. The quantitative estimate of drug-likeness (QED) is 0.605. The number of nitrogens with zero attached hydrogens (tertiary/aromatic N) is 1. The molecule has 0 bridgehead atoms. The van der Waals surface area contributed by atoms with Gasteiger partial charge < -0.3 is 4.90 Å². The van der Waals surface area contributed by atoms with E-state index in [9.17, 15) is 0 Å². The van der Waals surface area contributed by atoms with Crippen LogP contribution >= 0.6 is 0 Å². The van der Waals surface area contributed by atoms with Gasteiger partial charge in [-0.1, -0.05) is 60.7 Å². The Morgan fingerprint density at radius 2 is 1.19 bits per heavy atom. The van der Waals surface area contributed by atoms with Gasteiger partial charge in [-0.15, -0.1) is 0 Å². The highest BCUT2D eigenvalue weighted by molar-refractivity contribution is 5.72. The molecule has 1 heteroatoms. The summed E-state index contributed by atoms with van der Waals surface area (Å²) < 4.78 is 0. The van der Waals surface area contributed by atoms with Crippen molar-refractivity contribution in [1.29, 1.82) is 0 Å². The fourth-order valence-electron chi connectivity index (χ4n) is 2.61. The summed E-state index contributed by atoms with van der Waals surface area (Å²) in [6, 6.07) is 29.8. The Morgan fingerprint density at radius 1 is 0.619 bits per heavy atom. The van der Waals surface area contributed by atoms with Crippen molar-refractivity contribution < 1.29 is 0 Å². The number of hydrogen-bond donors (Lipinski definition) is 0. The van der Waals surface area contributed by atoms with Gasteiger partial charge in [-0.3, -0.25) is 0 Å². The molecule has 3 aromatic rings. The van der Waals surface area contributed by atoms with Gasteiger partial charge in [-0.2, -0.15) is 0 Å². The van der Waals surface area contributed by atoms with Crippen molar-refractivity contribution in [2.24, 2.45) is 0 Å². The molecule has 0 aliphatic rings. The van der Waals surface area contributed by atoms with Gasteiger partial charge in [0.1, 0.15) is 0 Å². The second-order valence-electron chi connectivity index (χ2n) is 5.00. The molecule has 104 valence electrons. The third kappa shape index (κ3) is 2.97. The maximum Gasteiger partial charge on any atom is 0.0416 e. The van der Waals surface area contributed by atoms with E-state index in [2.05, 4.69) is 96.8 Å². The van der Waals surface area contributed by atoms with E-state index in [4.69, 9.17) is 0 Å². The molecule has 0 saturated carbocycles. The van der Waals surface area contributed by atoms with Gasteiger partial charge in [0.05, 0.1) is 0 Å². The lowest BCUT2D eigenvalue weighted by Crippen LogP contribution is -2.15. The average molecular weight is 273 g/mol. The lowest BCUT2D eigenvalue weighted by atomic mass is 10.0. The van der Waals surface area contributed by atoms with Crippen molar-refractivity contribution in [2.45, 2.75) is 6.92 Å². The number of para-hydroxylation sites is 1. The van der Waals surface area contributed by atoms with Crippen LogP contribution in [-0.4, -0.2) is 6.54 Å². The molecule has 1 nitrogen and oxygen atoms in total. The highest BCUT2D eigenvalue weighted by Crippen LogP contribution is 2.29. The van der Waals surface area contributed by atoms with Gasteiger partial charge in [0.15, 0.2) is 0 Å². The molecule has 0 aromatic heterocycles. The largest absolute Gasteiger partial charge is 0.342 e. The Balaban J connectivity index is 1.99. The van der Waals surface area contributed by atoms with E-state index >= 15 is 0 Å². The summed E-state index contributed by atoms with van der Waals surface area (Å²) >= 11 is 0. The van der Waals surface area contributed by atoms with Crippen LogP contribution < -0.4 is 4.90 Å². The molecule has 21 heavy (non-hydrogen) atoms. The summed E-state index contributed by atoms with van der Waals surface area (Å²) in [7, 11) is 0. The zero-order valence-electron chi connectivity index (χ0n) is 12.2. The van der Waals surface area contributed by atoms with Crippen molar-refractivity contribution in [3.63, 3.8) is 0 Å². The predicted molar refractivity (Wildman–Crippen MR) is 91.0 cm³/mol. The highest BCUT2D eigenvalue weighted by atomic mass is 15.1. The van der Waals surface area contributed by atoms with Crippen LogP contribution in [0.5, 0.6) is 0 Å². The molecule has 0 unspecified atom stereocenters. The topological polar surface area (TPSA) is 3.24 Å². The average Bonchev–Trinajstić information content (AvgIpc) is 2.58. The van der Waals surface area contributed by atoms with Gasteiger partial charge in [0.2, 0.25) is 0 Å². The third-order valence-corrected chi connectivity index (χ3v) is 3.65. The molecule has 0 fully saturated rings. The summed E-state index contributed by atoms with van der Waals surface area (Å²) in [6.45, 7) is 3.13. The fourth-order valence-corrected chi connectivity index (χ4v) is 2.61. The van der Waals surface area contributed by atoms with E-state index in [1.54, 1.807) is 0 Å². The van der Waals surface area contributed by atoms with E-state index < -0.39 is 0 Å². The lowest BCUT2D eigenvalue weighted by Gasteiger charge is -2.24. The van der Waals surface area contributed by atoms with Crippen molar-refractivity contribution in [2.75, 3.05) is 11.4 Å². The summed E-state index contributed by atoms with van der Waals surface area (Å²) in [4.78, 5) is 2.33. The summed E-state index contributed by atoms with van der Waals surface area (Å²) in [5.41, 5.74) is 4.96. The normalized spacial score (nSPS) is 10.3. The number of benzene rings is 3. The first kappa shape index (κ1) is 13.4. The molecule has 3 rings (SSSR count). The van der Waals surface area contributed by atoms with Crippen LogP contribution in [0.3, 0.4) is 0 Å². The van der Waals surface area contributed by atoms with Gasteiger partial charge in [-0.25, -0.2) is 0 Å². The number of rotatable bonds is 4. The Kier molecular flexibility index (Phi) is 4.02. The van der Waals surface area contributed by atoms with Crippen molar-refractivity contribution in [3.05, 3.63) is 84.9 Å². The zero-order valence-corrected chi connectivity index (χ0v) is 12.2. The van der Waals surface area contributed by atoms with E-state index in [-0.39, 0.29) is 0 Å². The summed E-state index contributed by atoms with van der Waals surface area (Å²) in [5, 5.41) is 0. The van der Waals surface area contributed by atoms with Crippen molar-refractivity contribution in [3.8, 4) is 11.1 Å². The Bertz CT molecular complexity index is 689. The van der Waals surface area contributed by atoms with E-state index in [0.717, 1.165) is 6.54 Å². The standard InChI is InChI=1S/C20H19N/c1-2-21(19-13-7-4-8-14-19)20-15-9-12-18(16-20)17-10-5-3-6-11-17/h3-16H,2H2,1H3.